The molecule has 0 spiro atoms. The molecule has 1 rings (SSSR count). The molecule has 0 aromatic heterocycles. The third-order valence-electron chi connectivity index (χ3n) is 3.92. The molecule has 0 saturated heterocycles. The van der Waals surface area contributed by atoms with Gasteiger partial charge in [0.1, 0.15) is 0 Å². The monoisotopic (exact) mass is 276 g/mol. The highest BCUT2D eigenvalue weighted by Gasteiger charge is 2.10. The summed E-state index contributed by atoms with van der Waals surface area (Å²) in [5.41, 5.74) is 9.39. The molecule has 0 aliphatic carbocycles. The number of nitrogens with one attached hydrogen (secondary N) is 1. The summed E-state index contributed by atoms with van der Waals surface area (Å²) in [6, 6.07) is 6.50. The zero-order valence-corrected chi connectivity index (χ0v) is 13.0. The molecule has 1 aromatic rings. The average Bonchev–Trinajstić information content (AvgIpc) is 2.40. The Hall–Kier alpha value is -1.35. The number of amides is 1. The lowest BCUT2D eigenvalue weighted by Crippen LogP contribution is -2.26. The van der Waals surface area contributed by atoms with Gasteiger partial charge in [-0.3, -0.25) is 4.79 Å². The quantitative estimate of drug-likeness (QED) is 0.681. The highest BCUT2D eigenvalue weighted by molar-refractivity contribution is 5.73. The second-order valence-electron chi connectivity index (χ2n) is 5.62. The Morgan fingerprint density at radius 3 is 2.50 bits per heavy atom. The van der Waals surface area contributed by atoms with Gasteiger partial charge in [-0.25, -0.2) is 0 Å². The van der Waals surface area contributed by atoms with E-state index in [0.29, 0.717) is 12.3 Å². The fourth-order valence-electron chi connectivity index (χ4n) is 2.51. The van der Waals surface area contributed by atoms with Crippen molar-refractivity contribution in [3.05, 3.63) is 34.9 Å². The van der Waals surface area contributed by atoms with Gasteiger partial charge in [0.2, 0.25) is 5.91 Å². The number of nitrogens with two attached hydrogens (primary N) is 1. The maximum Gasteiger partial charge on any atom is 0.217 e. The van der Waals surface area contributed by atoms with Gasteiger partial charge >= 0.3 is 0 Å². The summed E-state index contributed by atoms with van der Waals surface area (Å²) in [7, 11) is 0. The van der Waals surface area contributed by atoms with Crippen LogP contribution in [0.1, 0.15) is 42.9 Å². The predicted molar refractivity (Wildman–Crippen MR) is 84.7 cm³/mol. The van der Waals surface area contributed by atoms with E-state index in [9.17, 15) is 4.79 Å². The van der Waals surface area contributed by atoms with Gasteiger partial charge in [0, 0.05) is 6.42 Å². The number of hydrogen-bond donors (Lipinski definition) is 2. The summed E-state index contributed by atoms with van der Waals surface area (Å²) >= 11 is 0. The van der Waals surface area contributed by atoms with Crippen LogP contribution < -0.4 is 11.1 Å². The summed E-state index contributed by atoms with van der Waals surface area (Å²) in [5, 5.41) is 3.44. The second kappa shape index (κ2) is 8.75. The Kier molecular flexibility index (Phi) is 7.31. The van der Waals surface area contributed by atoms with E-state index in [4.69, 9.17) is 5.73 Å². The molecule has 1 atom stereocenters. The first-order valence-corrected chi connectivity index (χ1v) is 7.58. The van der Waals surface area contributed by atoms with E-state index in [1.54, 1.807) is 0 Å². The van der Waals surface area contributed by atoms with E-state index in [-0.39, 0.29) is 5.91 Å². The highest BCUT2D eigenvalue weighted by atomic mass is 16.1. The van der Waals surface area contributed by atoms with Crippen LogP contribution in [0.3, 0.4) is 0 Å². The third-order valence-corrected chi connectivity index (χ3v) is 3.92. The molecule has 0 aliphatic rings. The number of hydrogen-bond acceptors (Lipinski definition) is 2. The van der Waals surface area contributed by atoms with Crippen LogP contribution >= 0.6 is 0 Å². The molecular formula is C17H28N2O. The molecule has 0 aliphatic heterocycles. The molecule has 3 heteroatoms. The number of carbonyl (C=O) groups is 1. The van der Waals surface area contributed by atoms with E-state index in [0.717, 1.165) is 32.4 Å². The zero-order valence-electron chi connectivity index (χ0n) is 13.0. The van der Waals surface area contributed by atoms with Crippen LogP contribution in [0.4, 0.5) is 0 Å². The van der Waals surface area contributed by atoms with Gasteiger partial charge in [-0.05, 0) is 62.4 Å². The van der Waals surface area contributed by atoms with E-state index in [2.05, 4.69) is 44.3 Å². The van der Waals surface area contributed by atoms with Gasteiger partial charge < -0.3 is 11.1 Å². The van der Waals surface area contributed by atoms with Crippen molar-refractivity contribution in [2.75, 3.05) is 13.1 Å². The van der Waals surface area contributed by atoms with Crippen molar-refractivity contribution < 1.29 is 4.79 Å². The largest absolute Gasteiger partial charge is 0.370 e. The first-order valence-electron chi connectivity index (χ1n) is 7.58. The SMILES string of the molecule is CCC(CNCCCC(N)=O)Cc1c(C)cccc1C. The van der Waals surface area contributed by atoms with Crippen LogP contribution in [0, 0.1) is 19.8 Å². The second-order valence-corrected chi connectivity index (χ2v) is 5.62. The van der Waals surface area contributed by atoms with Crippen LogP contribution in [0.25, 0.3) is 0 Å². The molecule has 20 heavy (non-hydrogen) atoms. The van der Waals surface area contributed by atoms with Crippen LogP contribution in [-0.4, -0.2) is 19.0 Å². The summed E-state index contributed by atoms with van der Waals surface area (Å²) in [6.45, 7) is 8.49. The molecule has 0 fully saturated rings. The molecular weight excluding hydrogens is 248 g/mol. The Labute approximate surface area is 122 Å². The predicted octanol–water partition coefficient (Wildman–Crippen LogP) is 2.73. The van der Waals surface area contributed by atoms with Gasteiger partial charge in [0.05, 0.1) is 0 Å². The minimum absolute atomic E-state index is 0.214. The van der Waals surface area contributed by atoms with Crippen molar-refractivity contribution in [1.82, 2.24) is 5.32 Å². The van der Waals surface area contributed by atoms with Crippen molar-refractivity contribution in [3.8, 4) is 0 Å². The normalized spacial score (nSPS) is 12.3. The lowest BCUT2D eigenvalue weighted by Gasteiger charge is -2.18. The summed E-state index contributed by atoms with van der Waals surface area (Å²) in [4.78, 5) is 10.7. The smallest absolute Gasteiger partial charge is 0.217 e. The van der Waals surface area contributed by atoms with E-state index in [1.807, 2.05) is 0 Å². The average molecular weight is 276 g/mol. The van der Waals surface area contributed by atoms with Gasteiger partial charge in [-0.2, -0.15) is 0 Å². The van der Waals surface area contributed by atoms with Gasteiger partial charge in [-0.15, -0.1) is 0 Å². The van der Waals surface area contributed by atoms with Crippen LogP contribution in [0.15, 0.2) is 18.2 Å². The highest BCUT2D eigenvalue weighted by Crippen LogP contribution is 2.19. The van der Waals surface area contributed by atoms with Crippen molar-refractivity contribution in [3.63, 3.8) is 0 Å². The van der Waals surface area contributed by atoms with Crippen molar-refractivity contribution in [2.45, 2.75) is 46.5 Å². The van der Waals surface area contributed by atoms with E-state index < -0.39 is 0 Å². The van der Waals surface area contributed by atoms with Crippen LogP contribution in [0.2, 0.25) is 0 Å². The van der Waals surface area contributed by atoms with Gasteiger partial charge in [-0.1, -0.05) is 31.5 Å². The van der Waals surface area contributed by atoms with E-state index in [1.165, 1.54) is 16.7 Å². The number of carbonyl (C=O) groups excluding carboxylic acids is 1. The maximum atomic E-state index is 10.7. The number of rotatable bonds is 9. The van der Waals surface area contributed by atoms with E-state index >= 15 is 0 Å². The topological polar surface area (TPSA) is 55.1 Å². The molecule has 0 radical (unpaired) electrons. The number of aryl methyl sites for hydroxylation is 2. The summed E-state index contributed by atoms with van der Waals surface area (Å²) in [6.07, 6.45) is 3.59. The molecule has 1 amide bonds. The van der Waals surface area contributed by atoms with Crippen molar-refractivity contribution in [2.24, 2.45) is 11.7 Å². The molecule has 0 saturated carbocycles. The van der Waals surface area contributed by atoms with Gasteiger partial charge in [0.15, 0.2) is 0 Å². The minimum Gasteiger partial charge on any atom is -0.370 e. The lowest BCUT2D eigenvalue weighted by molar-refractivity contribution is -0.118. The van der Waals surface area contributed by atoms with Crippen molar-refractivity contribution >= 4 is 5.91 Å². The Morgan fingerprint density at radius 2 is 1.95 bits per heavy atom. The molecule has 0 heterocycles. The fraction of sp³-hybridized carbons (Fsp3) is 0.588. The lowest BCUT2D eigenvalue weighted by atomic mass is 9.91. The van der Waals surface area contributed by atoms with Crippen LogP contribution in [-0.2, 0) is 11.2 Å². The number of primary amides is 1. The molecule has 3 N–H and O–H groups in total. The molecule has 1 unspecified atom stereocenters. The molecule has 112 valence electrons. The zero-order chi connectivity index (χ0) is 15.0. The minimum atomic E-state index is -0.214. The standard InChI is InChI=1S/C17H28N2O/c1-4-15(12-19-10-6-9-17(18)20)11-16-13(2)7-5-8-14(16)3/h5,7-8,15,19H,4,6,9-12H2,1-3H3,(H2,18,20). The summed E-state index contributed by atoms with van der Waals surface area (Å²) in [5.74, 6) is 0.428. The molecule has 1 aromatic carbocycles. The summed E-state index contributed by atoms with van der Waals surface area (Å²) < 4.78 is 0. The fourth-order valence-corrected chi connectivity index (χ4v) is 2.51. The van der Waals surface area contributed by atoms with Gasteiger partial charge in [0.25, 0.3) is 0 Å². The molecule has 0 bridgehead atoms. The number of benzene rings is 1. The maximum absolute atomic E-state index is 10.7. The Morgan fingerprint density at radius 1 is 1.30 bits per heavy atom. The Balaban J connectivity index is 2.41. The van der Waals surface area contributed by atoms with Crippen molar-refractivity contribution in [1.29, 1.82) is 0 Å². The Bertz CT molecular complexity index is 409. The first-order chi connectivity index (χ1) is 9.54. The molecule has 3 nitrogen and oxygen atoms in total. The van der Waals surface area contributed by atoms with Crippen LogP contribution in [0.5, 0.6) is 0 Å². The first kappa shape index (κ1) is 16.7. The third kappa shape index (κ3) is 5.74.